The van der Waals surface area contributed by atoms with Crippen LogP contribution in [-0.4, -0.2) is 28.5 Å². The van der Waals surface area contributed by atoms with Crippen molar-refractivity contribution in [2.24, 2.45) is 0 Å². The van der Waals surface area contributed by atoms with E-state index in [1.54, 1.807) is 0 Å². The molecule has 0 amide bonds. The fourth-order valence-electron chi connectivity index (χ4n) is 2.46. The van der Waals surface area contributed by atoms with Crippen LogP contribution in [0.3, 0.4) is 0 Å². The molecule has 1 aliphatic rings. The van der Waals surface area contributed by atoms with Gasteiger partial charge in [0.2, 0.25) is 0 Å². The lowest BCUT2D eigenvalue weighted by atomic mass is 10.1. The maximum Gasteiger partial charge on any atom is 0.434 e. The molecule has 2 heterocycles. The van der Waals surface area contributed by atoms with Crippen molar-refractivity contribution in [3.8, 4) is 0 Å². The highest BCUT2D eigenvalue weighted by Crippen LogP contribution is 2.32. The Kier molecular flexibility index (Phi) is 5.23. The molecular formula is C14H14F6N4O. The third-order valence-electron chi connectivity index (χ3n) is 3.55. The molecule has 0 radical (unpaired) electrons. The summed E-state index contributed by atoms with van der Waals surface area (Å²) in [5.41, 5.74) is -3.71. The quantitative estimate of drug-likeness (QED) is 0.477. The highest BCUT2D eigenvalue weighted by atomic mass is 19.4. The maximum absolute atomic E-state index is 13.3. The lowest BCUT2D eigenvalue weighted by Gasteiger charge is -2.15. The Morgan fingerprint density at radius 3 is 2.52 bits per heavy atom. The van der Waals surface area contributed by atoms with Gasteiger partial charge in [0, 0.05) is 37.5 Å². The lowest BCUT2D eigenvalue weighted by Crippen LogP contribution is -2.30. The number of nitrogens with zero attached hydrogens (tertiary/aromatic N) is 2. The van der Waals surface area contributed by atoms with E-state index in [2.05, 4.69) is 10.3 Å². The molecule has 0 atom stereocenters. The molecule has 2 N–H and O–H groups in total. The zero-order valence-electron chi connectivity index (χ0n) is 12.8. The van der Waals surface area contributed by atoms with Crippen LogP contribution < -0.4 is 10.9 Å². The monoisotopic (exact) mass is 368 g/mol. The Hall–Kier alpha value is -2.33. The molecule has 0 bridgehead atoms. The molecule has 5 nitrogen and oxygen atoms in total. The Bertz CT molecular complexity index is 747. The Morgan fingerprint density at radius 2 is 1.96 bits per heavy atom. The summed E-state index contributed by atoms with van der Waals surface area (Å²) in [6, 6.07) is 0. The summed E-state index contributed by atoms with van der Waals surface area (Å²) in [5.74, 6) is 0.00966. The molecule has 138 valence electrons. The van der Waals surface area contributed by atoms with Crippen molar-refractivity contribution in [2.75, 3.05) is 6.54 Å². The number of aromatic nitrogens is 2. The molecule has 1 aliphatic heterocycles. The highest BCUT2D eigenvalue weighted by Gasteiger charge is 2.39. The molecule has 2 rings (SSSR count). The van der Waals surface area contributed by atoms with Crippen LogP contribution in [0.5, 0.6) is 0 Å². The van der Waals surface area contributed by atoms with Crippen molar-refractivity contribution in [1.82, 2.24) is 14.9 Å². The molecule has 0 saturated heterocycles. The minimum Gasteiger partial charge on any atom is -0.390 e. The van der Waals surface area contributed by atoms with Gasteiger partial charge in [-0.1, -0.05) is 0 Å². The van der Waals surface area contributed by atoms with Gasteiger partial charge >= 0.3 is 12.4 Å². The first-order valence-corrected chi connectivity index (χ1v) is 7.26. The van der Waals surface area contributed by atoms with Gasteiger partial charge in [-0.25, -0.2) is 4.98 Å². The van der Waals surface area contributed by atoms with Crippen molar-refractivity contribution in [2.45, 2.75) is 38.2 Å². The molecule has 0 fully saturated rings. The number of nitrogens with one attached hydrogen (secondary N) is 2. The van der Waals surface area contributed by atoms with Gasteiger partial charge in [-0.3, -0.25) is 9.36 Å². The largest absolute Gasteiger partial charge is 0.434 e. The van der Waals surface area contributed by atoms with Crippen molar-refractivity contribution in [3.05, 3.63) is 33.6 Å². The van der Waals surface area contributed by atoms with Crippen LogP contribution in [0.1, 0.15) is 29.9 Å². The van der Waals surface area contributed by atoms with Crippen LogP contribution in [0.4, 0.5) is 26.3 Å². The Morgan fingerprint density at radius 1 is 1.28 bits per heavy atom. The number of aryl methyl sites for hydroxylation is 1. The highest BCUT2D eigenvalue weighted by molar-refractivity contribution is 6.08. The van der Waals surface area contributed by atoms with E-state index in [0.29, 0.717) is 12.6 Å². The van der Waals surface area contributed by atoms with Gasteiger partial charge < -0.3 is 10.7 Å². The van der Waals surface area contributed by atoms with Gasteiger partial charge in [0.25, 0.3) is 5.56 Å². The van der Waals surface area contributed by atoms with Crippen LogP contribution in [0, 0.1) is 5.41 Å². The molecule has 11 heteroatoms. The van der Waals surface area contributed by atoms with E-state index in [1.807, 2.05) is 0 Å². The Balaban J connectivity index is 2.44. The molecular weight excluding hydrogens is 354 g/mol. The number of hydrogen-bond donors (Lipinski definition) is 2. The second-order valence-electron chi connectivity index (χ2n) is 5.37. The first-order chi connectivity index (χ1) is 11.5. The number of allylic oxidation sites excluding steroid dienone is 1. The SMILES string of the molecule is N=C/C(=C\NCCC(F)(F)F)c1c(C(F)(F)F)nc2n(c1=O)CCC2. The zero-order chi connectivity index (χ0) is 18.8. The van der Waals surface area contributed by atoms with Crippen molar-refractivity contribution >= 4 is 11.8 Å². The first-order valence-electron chi connectivity index (χ1n) is 7.26. The minimum atomic E-state index is -4.93. The van der Waals surface area contributed by atoms with E-state index in [-0.39, 0.29) is 18.8 Å². The van der Waals surface area contributed by atoms with E-state index in [4.69, 9.17) is 5.41 Å². The summed E-state index contributed by atoms with van der Waals surface area (Å²) in [4.78, 5) is 15.9. The predicted molar refractivity (Wildman–Crippen MR) is 77.3 cm³/mol. The van der Waals surface area contributed by atoms with Crippen molar-refractivity contribution < 1.29 is 26.3 Å². The number of rotatable bonds is 5. The molecule has 0 unspecified atom stereocenters. The van der Waals surface area contributed by atoms with E-state index in [1.165, 1.54) is 0 Å². The van der Waals surface area contributed by atoms with Gasteiger partial charge in [-0.05, 0) is 6.42 Å². The third kappa shape index (κ3) is 4.40. The van der Waals surface area contributed by atoms with E-state index in [9.17, 15) is 31.1 Å². The third-order valence-corrected chi connectivity index (χ3v) is 3.55. The number of hydrogen-bond acceptors (Lipinski definition) is 4. The van der Waals surface area contributed by atoms with E-state index < -0.39 is 47.7 Å². The van der Waals surface area contributed by atoms with Gasteiger partial charge in [-0.2, -0.15) is 26.3 Å². The maximum atomic E-state index is 13.3. The second-order valence-corrected chi connectivity index (χ2v) is 5.37. The summed E-state index contributed by atoms with van der Waals surface area (Å²) in [7, 11) is 0. The average Bonchev–Trinajstić information content (AvgIpc) is 2.95. The fraction of sp³-hybridized carbons (Fsp3) is 0.500. The van der Waals surface area contributed by atoms with Crippen LogP contribution >= 0.6 is 0 Å². The van der Waals surface area contributed by atoms with Crippen molar-refractivity contribution in [1.29, 1.82) is 5.41 Å². The number of fused-ring (bicyclic) bond motifs is 1. The number of alkyl halides is 6. The van der Waals surface area contributed by atoms with Crippen LogP contribution in [0.25, 0.3) is 5.57 Å². The molecule has 0 spiro atoms. The average molecular weight is 368 g/mol. The summed E-state index contributed by atoms with van der Waals surface area (Å²) >= 11 is 0. The van der Waals surface area contributed by atoms with Gasteiger partial charge in [-0.15, -0.1) is 0 Å². The predicted octanol–water partition coefficient (Wildman–Crippen LogP) is 2.74. The summed E-state index contributed by atoms with van der Waals surface area (Å²) in [6.45, 7) is -0.388. The standard InChI is InChI=1S/C14H14F6N4O/c15-13(16,17)3-4-22-7-8(6-21)10-11(14(18,19)20)23-9-2-1-5-24(9)12(10)25/h6-7,21-22H,1-5H2/b8-7+,21-6?. The topological polar surface area (TPSA) is 70.8 Å². The zero-order valence-corrected chi connectivity index (χ0v) is 12.8. The summed E-state index contributed by atoms with van der Waals surface area (Å²) in [6.07, 6.45) is -8.59. The molecule has 1 aromatic rings. The van der Waals surface area contributed by atoms with Crippen LogP contribution in [-0.2, 0) is 19.1 Å². The molecule has 1 aromatic heterocycles. The van der Waals surface area contributed by atoms with Gasteiger partial charge in [0.1, 0.15) is 5.82 Å². The van der Waals surface area contributed by atoms with Gasteiger partial charge in [0.15, 0.2) is 5.69 Å². The van der Waals surface area contributed by atoms with Crippen LogP contribution in [0.15, 0.2) is 11.0 Å². The fourth-order valence-corrected chi connectivity index (χ4v) is 2.46. The lowest BCUT2D eigenvalue weighted by molar-refractivity contribution is -0.141. The molecule has 0 aromatic carbocycles. The van der Waals surface area contributed by atoms with Crippen LogP contribution in [0.2, 0.25) is 0 Å². The summed E-state index contributed by atoms with van der Waals surface area (Å²) in [5, 5.41) is 9.44. The normalized spacial score (nSPS) is 15.2. The minimum absolute atomic E-state index is 0.00966. The van der Waals surface area contributed by atoms with Crippen molar-refractivity contribution in [3.63, 3.8) is 0 Å². The van der Waals surface area contributed by atoms with E-state index in [0.717, 1.165) is 10.8 Å². The summed E-state index contributed by atoms with van der Waals surface area (Å²) < 4.78 is 77.2. The first kappa shape index (κ1) is 19.0. The number of halogens is 6. The van der Waals surface area contributed by atoms with Gasteiger partial charge in [0.05, 0.1) is 12.0 Å². The second kappa shape index (κ2) is 6.89. The smallest absolute Gasteiger partial charge is 0.390 e. The molecule has 25 heavy (non-hydrogen) atoms. The molecule has 0 saturated carbocycles. The molecule has 0 aliphatic carbocycles. The Labute approximate surface area is 137 Å². The van der Waals surface area contributed by atoms with E-state index >= 15 is 0 Å².